The van der Waals surface area contributed by atoms with Crippen LogP contribution in [0, 0.1) is 28.6 Å². The number of hydrogen-bond donors (Lipinski definition) is 1. The van der Waals surface area contributed by atoms with Gasteiger partial charge in [-0.15, -0.1) is 0 Å². The summed E-state index contributed by atoms with van der Waals surface area (Å²) in [5.74, 6) is 2.41. The maximum absolute atomic E-state index is 10.1. The fourth-order valence-electron chi connectivity index (χ4n) is 7.01. The van der Waals surface area contributed by atoms with Gasteiger partial charge in [-0.3, -0.25) is 0 Å². The first-order valence-electron chi connectivity index (χ1n) is 10.5. The average molecular weight is 329 g/mol. The van der Waals surface area contributed by atoms with Gasteiger partial charge in [0.15, 0.2) is 0 Å². The predicted molar refractivity (Wildman–Crippen MR) is 101 cm³/mol. The Morgan fingerprint density at radius 1 is 1.17 bits per heavy atom. The lowest BCUT2D eigenvalue weighted by Gasteiger charge is -2.53. The van der Waals surface area contributed by atoms with Crippen molar-refractivity contribution >= 4 is 0 Å². The maximum atomic E-state index is 10.1. The average Bonchev–Trinajstić information content (AvgIpc) is 2.92. The highest BCUT2D eigenvalue weighted by atomic mass is 16.3. The van der Waals surface area contributed by atoms with Gasteiger partial charge in [-0.05, 0) is 91.1 Å². The molecular formula is C23H36O. The van der Waals surface area contributed by atoms with Gasteiger partial charge in [0.1, 0.15) is 0 Å². The van der Waals surface area contributed by atoms with E-state index in [9.17, 15) is 5.11 Å². The number of hydrogen-bond acceptors (Lipinski definition) is 1. The van der Waals surface area contributed by atoms with Crippen LogP contribution in [0.2, 0.25) is 0 Å². The Bertz CT molecular complexity index is 585. The molecule has 4 aliphatic rings. The van der Waals surface area contributed by atoms with Gasteiger partial charge in [-0.1, -0.05) is 45.8 Å². The predicted octanol–water partition coefficient (Wildman–Crippen LogP) is 6.04. The molecule has 0 aromatic carbocycles. The van der Waals surface area contributed by atoms with E-state index in [4.69, 9.17) is 0 Å². The van der Waals surface area contributed by atoms with E-state index < -0.39 is 0 Å². The Kier molecular flexibility index (Phi) is 4.03. The summed E-state index contributed by atoms with van der Waals surface area (Å²) in [5, 5.41) is 10.1. The van der Waals surface area contributed by atoms with Crippen molar-refractivity contribution in [1.29, 1.82) is 0 Å². The van der Waals surface area contributed by atoms with Gasteiger partial charge in [0.25, 0.3) is 0 Å². The van der Waals surface area contributed by atoms with Crippen molar-refractivity contribution in [2.75, 3.05) is 0 Å². The third-order valence-electron chi connectivity index (χ3n) is 8.81. The lowest BCUT2D eigenvalue weighted by molar-refractivity contribution is 0.0226. The minimum Gasteiger partial charge on any atom is -0.393 e. The summed E-state index contributed by atoms with van der Waals surface area (Å²) in [5.41, 5.74) is 6.14. The van der Waals surface area contributed by atoms with E-state index in [-0.39, 0.29) is 6.10 Å². The van der Waals surface area contributed by atoms with Crippen LogP contribution >= 0.6 is 0 Å². The molecule has 24 heavy (non-hydrogen) atoms. The molecule has 4 rings (SSSR count). The highest BCUT2D eigenvalue weighted by Gasteiger charge is 2.52. The normalized spacial score (nSPS) is 46.0. The number of rotatable bonds is 2. The van der Waals surface area contributed by atoms with Crippen molar-refractivity contribution in [3.05, 3.63) is 22.8 Å². The largest absolute Gasteiger partial charge is 0.393 e. The quantitative estimate of drug-likeness (QED) is 0.655. The summed E-state index contributed by atoms with van der Waals surface area (Å²) in [6, 6.07) is 0. The van der Waals surface area contributed by atoms with Gasteiger partial charge in [-0.2, -0.15) is 0 Å². The molecule has 4 aliphatic carbocycles. The fraction of sp³-hybridized carbons (Fsp3) is 0.826. The van der Waals surface area contributed by atoms with Gasteiger partial charge < -0.3 is 5.11 Å². The zero-order chi connectivity index (χ0) is 17.1. The van der Waals surface area contributed by atoms with Gasteiger partial charge in [-0.25, -0.2) is 0 Å². The minimum atomic E-state index is -0.0421. The molecule has 1 fully saturated rings. The Labute approximate surface area is 148 Å². The van der Waals surface area contributed by atoms with Crippen molar-refractivity contribution in [2.24, 2.45) is 28.6 Å². The summed E-state index contributed by atoms with van der Waals surface area (Å²) < 4.78 is 0. The standard InChI is InChI=1S/C23H36O/c1-5-15(2)19-8-9-20-18-7-6-16-14-17(24)10-12-22(16,3)21(18)11-13-23(19,20)4/h9,15-17,19,24H,5-8,10-14H2,1-4H3/t15-,16?,17?,19-,22+,23-/m1/s1. The van der Waals surface area contributed by atoms with Crippen LogP contribution in [0.4, 0.5) is 0 Å². The van der Waals surface area contributed by atoms with E-state index in [0.717, 1.165) is 30.6 Å². The first-order valence-corrected chi connectivity index (χ1v) is 10.5. The van der Waals surface area contributed by atoms with Crippen LogP contribution in [0.3, 0.4) is 0 Å². The van der Waals surface area contributed by atoms with E-state index >= 15 is 0 Å². The van der Waals surface area contributed by atoms with Gasteiger partial charge in [0, 0.05) is 0 Å². The smallest absolute Gasteiger partial charge is 0.0543 e. The van der Waals surface area contributed by atoms with Crippen LogP contribution in [0.5, 0.6) is 0 Å². The Hall–Kier alpha value is -0.560. The van der Waals surface area contributed by atoms with Crippen molar-refractivity contribution in [3.8, 4) is 0 Å². The van der Waals surface area contributed by atoms with Crippen molar-refractivity contribution in [2.45, 2.75) is 91.6 Å². The molecule has 0 spiro atoms. The van der Waals surface area contributed by atoms with E-state index in [2.05, 4.69) is 33.8 Å². The zero-order valence-electron chi connectivity index (χ0n) is 16.2. The number of allylic oxidation sites excluding steroid dienone is 4. The molecule has 0 amide bonds. The highest BCUT2D eigenvalue weighted by Crippen LogP contribution is 2.64. The molecule has 6 atom stereocenters. The number of aliphatic hydroxyl groups excluding tert-OH is 1. The highest BCUT2D eigenvalue weighted by molar-refractivity contribution is 5.49. The second-order valence-electron chi connectivity index (χ2n) is 9.80. The number of fused-ring (bicyclic) bond motifs is 4. The molecule has 1 N–H and O–H groups in total. The van der Waals surface area contributed by atoms with Crippen molar-refractivity contribution in [3.63, 3.8) is 0 Å². The second-order valence-corrected chi connectivity index (χ2v) is 9.80. The third-order valence-corrected chi connectivity index (χ3v) is 8.81. The molecule has 1 nitrogen and oxygen atoms in total. The Morgan fingerprint density at radius 3 is 2.71 bits per heavy atom. The van der Waals surface area contributed by atoms with Crippen LogP contribution < -0.4 is 0 Å². The Balaban J connectivity index is 1.70. The lowest BCUT2D eigenvalue weighted by atomic mass is 9.51. The summed E-state index contributed by atoms with van der Waals surface area (Å²) in [6.07, 6.45) is 13.7. The van der Waals surface area contributed by atoms with Crippen LogP contribution in [0.15, 0.2) is 22.8 Å². The molecule has 0 radical (unpaired) electrons. The molecule has 134 valence electrons. The maximum Gasteiger partial charge on any atom is 0.0543 e. The molecule has 1 heteroatoms. The Morgan fingerprint density at radius 2 is 1.96 bits per heavy atom. The van der Waals surface area contributed by atoms with Crippen LogP contribution in [-0.2, 0) is 0 Å². The topological polar surface area (TPSA) is 20.2 Å². The molecule has 0 bridgehead atoms. The molecule has 0 heterocycles. The van der Waals surface area contributed by atoms with Crippen LogP contribution in [0.25, 0.3) is 0 Å². The summed E-state index contributed by atoms with van der Waals surface area (Å²) >= 11 is 0. The molecule has 0 aromatic rings. The third kappa shape index (κ3) is 2.23. The van der Waals surface area contributed by atoms with Crippen molar-refractivity contribution in [1.82, 2.24) is 0 Å². The van der Waals surface area contributed by atoms with E-state index in [1.165, 1.54) is 44.9 Å². The fourth-order valence-corrected chi connectivity index (χ4v) is 7.01. The second kappa shape index (κ2) is 5.73. The molecule has 0 saturated heterocycles. The summed E-state index contributed by atoms with van der Waals surface area (Å²) in [6.45, 7) is 9.93. The molecule has 0 aliphatic heterocycles. The van der Waals surface area contributed by atoms with E-state index in [0.29, 0.717) is 10.8 Å². The lowest BCUT2D eigenvalue weighted by Crippen LogP contribution is -2.44. The summed E-state index contributed by atoms with van der Waals surface area (Å²) in [4.78, 5) is 0. The SMILES string of the molecule is CC[C@@H](C)[C@H]1CC=C2C3=C(CC[C@@]21C)[C@@]1(C)CCC(O)CC1CC3. The number of aliphatic hydroxyl groups is 1. The van der Waals surface area contributed by atoms with Gasteiger partial charge in [0.2, 0.25) is 0 Å². The van der Waals surface area contributed by atoms with Crippen LogP contribution in [-0.4, -0.2) is 11.2 Å². The van der Waals surface area contributed by atoms with Gasteiger partial charge in [0.05, 0.1) is 6.10 Å². The molecule has 1 saturated carbocycles. The van der Waals surface area contributed by atoms with Gasteiger partial charge >= 0.3 is 0 Å². The van der Waals surface area contributed by atoms with Crippen molar-refractivity contribution < 1.29 is 5.11 Å². The summed E-state index contributed by atoms with van der Waals surface area (Å²) in [7, 11) is 0. The molecular weight excluding hydrogens is 292 g/mol. The monoisotopic (exact) mass is 328 g/mol. The first kappa shape index (κ1) is 16.9. The zero-order valence-corrected chi connectivity index (χ0v) is 16.2. The molecule has 2 unspecified atom stereocenters. The first-order chi connectivity index (χ1) is 11.4. The van der Waals surface area contributed by atoms with Crippen LogP contribution in [0.1, 0.15) is 85.5 Å². The van der Waals surface area contributed by atoms with E-state index in [1.807, 2.05) is 0 Å². The minimum absolute atomic E-state index is 0.0421. The molecule has 0 aromatic heterocycles. The van der Waals surface area contributed by atoms with E-state index in [1.54, 1.807) is 16.7 Å².